The molecule has 0 unspecified atom stereocenters. The first-order chi connectivity index (χ1) is 6.29. The van der Waals surface area contributed by atoms with Crippen LogP contribution in [0.5, 0.6) is 0 Å². The Morgan fingerprint density at radius 1 is 1.46 bits per heavy atom. The van der Waals surface area contributed by atoms with Gasteiger partial charge in [-0.1, -0.05) is 11.6 Å². The number of aromatic amines is 1. The number of pyridine rings is 1. The van der Waals surface area contributed by atoms with Crippen LogP contribution in [-0.2, 0) is 6.42 Å². The minimum absolute atomic E-state index is 0.139. The van der Waals surface area contributed by atoms with Gasteiger partial charge in [-0.25, -0.2) is 4.98 Å². The van der Waals surface area contributed by atoms with E-state index in [1.165, 1.54) is 0 Å². The van der Waals surface area contributed by atoms with Gasteiger partial charge in [0.15, 0.2) is 0 Å². The maximum atomic E-state index is 8.73. The van der Waals surface area contributed by atoms with Crippen LogP contribution in [0.1, 0.15) is 5.69 Å². The number of rotatable bonds is 2. The fourth-order valence-electron chi connectivity index (χ4n) is 1.30. The van der Waals surface area contributed by atoms with Crippen molar-refractivity contribution in [3.05, 3.63) is 29.0 Å². The molecule has 13 heavy (non-hydrogen) atoms. The zero-order valence-corrected chi connectivity index (χ0v) is 7.67. The Morgan fingerprint density at radius 3 is 3.08 bits per heavy atom. The second-order valence-corrected chi connectivity index (χ2v) is 3.30. The van der Waals surface area contributed by atoms with Gasteiger partial charge in [-0.3, -0.25) is 0 Å². The minimum Gasteiger partial charge on any atom is -0.396 e. The first-order valence-electron chi connectivity index (χ1n) is 4.03. The Morgan fingerprint density at radius 2 is 2.31 bits per heavy atom. The number of fused-ring (bicyclic) bond motifs is 1. The minimum atomic E-state index is 0.139. The van der Waals surface area contributed by atoms with Gasteiger partial charge in [0, 0.05) is 30.3 Å². The number of nitrogens with one attached hydrogen (secondary N) is 1. The van der Waals surface area contributed by atoms with Crippen molar-refractivity contribution in [2.75, 3.05) is 6.61 Å². The van der Waals surface area contributed by atoms with Crippen LogP contribution >= 0.6 is 11.6 Å². The summed E-state index contributed by atoms with van der Waals surface area (Å²) < 4.78 is 0. The van der Waals surface area contributed by atoms with Crippen molar-refractivity contribution in [3.8, 4) is 0 Å². The number of aromatic nitrogens is 2. The molecule has 0 saturated carbocycles. The van der Waals surface area contributed by atoms with Crippen molar-refractivity contribution < 1.29 is 5.11 Å². The van der Waals surface area contributed by atoms with Crippen LogP contribution in [0, 0.1) is 0 Å². The van der Waals surface area contributed by atoms with E-state index in [2.05, 4.69) is 9.97 Å². The lowest BCUT2D eigenvalue weighted by molar-refractivity contribution is 0.298. The van der Waals surface area contributed by atoms with E-state index in [4.69, 9.17) is 16.7 Å². The molecule has 68 valence electrons. The summed E-state index contributed by atoms with van der Waals surface area (Å²) in [7, 11) is 0. The summed E-state index contributed by atoms with van der Waals surface area (Å²) in [5.74, 6) is 0. The molecular weight excluding hydrogens is 188 g/mol. The third kappa shape index (κ3) is 1.66. The van der Waals surface area contributed by atoms with Crippen LogP contribution in [-0.4, -0.2) is 21.7 Å². The SMILES string of the molecule is OCCc1cc2cc(Cl)cnc2[nH]1. The van der Waals surface area contributed by atoms with E-state index >= 15 is 0 Å². The third-order valence-electron chi connectivity index (χ3n) is 1.87. The molecule has 0 fully saturated rings. The fourth-order valence-corrected chi connectivity index (χ4v) is 1.47. The molecule has 2 aromatic heterocycles. The quantitative estimate of drug-likeness (QED) is 0.769. The monoisotopic (exact) mass is 196 g/mol. The lowest BCUT2D eigenvalue weighted by Crippen LogP contribution is -1.89. The highest BCUT2D eigenvalue weighted by Gasteiger charge is 2.01. The van der Waals surface area contributed by atoms with Gasteiger partial charge in [0.1, 0.15) is 5.65 Å². The second kappa shape index (κ2) is 3.36. The number of aliphatic hydroxyl groups excluding tert-OH is 1. The van der Waals surface area contributed by atoms with Gasteiger partial charge in [-0.2, -0.15) is 0 Å². The number of nitrogens with zero attached hydrogens (tertiary/aromatic N) is 1. The molecule has 2 N–H and O–H groups in total. The molecule has 0 aromatic carbocycles. The van der Waals surface area contributed by atoms with Crippen molar-refractivity contribution in [2.24, 2.45) is 0 Å². The molecule has 0 aliphatic heterocycles. The summed E-state index contributed by atoms with van der Waals surface area (Å²) in [6, 6.07) is 3.80. The lowest BCUT2D eigenvalue weighted by Gasteiger charge is -1.89. The standard InChI is InChI=1S/C9H9ClN2O/c10-7-3-6-4-8(1-2-13)12-9(6)11-5-7/h3-5,13H,1-2H2,(H,11,12). The molecule has 0 amide bonds. The van der Waals surface area contributed by atoms with Gasteiger partial charge in [-0.05, 0) is 12.1 Å². The molecule has 0 atom stereocenters. The Balaban J connectivity index is 2.49. The molecule has 0 saturated heterocycles. The van der Waals surface area contributed by atoms with E-state index in [1.807, 2.05) is 12.1 Å². The molecule has 2 aromatic rings. The summed E-state index contributed by atoms with van der Waals surface area (Å²) in [6.07, 6.45) is 2.22. The fraction of sp³-hybridized carbons (Fsp3) is 0.222. The average Bonchev–Trinajstić information content (AvgIpc) is 2.46. The van der Waals surface area contributed by atoms with Crippen molar-refractivity contribution >= 4 is 22.6 Å². The molecule has 2 rings (SSSR count). The number of aliphatic hydroxyl groups is 1. The topological polar surface area (TPSA) is 48.9 Å². The van der Waals surface area contributed by atoms with Gasteiger partial charge in [-0.15, -0.1) is 0 Å². The van der Waals surface area contributed by atoms with Crippen molar-refractivity contribution in [1.29, 1.82) is 0 Å². The first kappa shape index (κ1) is 8.53. The molecule has 3 nitrogen and oxygen atoms in total. The normalized spacial score (nSPS) is 10.9. The maximum Gasteiger partial charge on any atom is 0.137 e. The summed E-state index contributed by atoms with van der Waals surface area (Å²) in [4.78, 5) is 7.21. The van der Waals surface area contributed by atoms with E-state index in [-0.39, 0.29) is 6.61 Å². The van der Waals surface area contributed by atoms with Crippen LogP contribution in [0.25, 0.3) is 11.0 Å². The highest BCUT2D eigenvalue weighted by atomic mass is 35.5. The molecule has 0 aliphatic rings. The summed E-state index contributed by atoms with van der Waals surface area (Å²) in [6.45, 7) is 0.139. The summed E-state index contributed by atoms with van der Waals surface area (Å²) >= 11 is 5.78. The average molecular weight is 197 g/mol. The third-order valence-corrected chi connectivity index (χ3v) is 2.08. The Labute approximate surface area is 80.4 Å². The number of halogens is 1. The van der Waals surface area contributed by atoms with E-state index < -0.39 is 0 Å². The predicted molar refractivity (Wildman–Crippen MR) is 51.9 cm³/mol. The van der Waals surface area contributed by atoms with Crippen molar-refractivity contribution in [1.82, 2.24) is 9.97 Å². The predicted octanol–water partition coefficient (Wildman–Crippen LogP) is 1.75. The molecule has 0 radical (unpaired) electrons. The van der Waals surface area contributed by atoms with Gasteiger partial charge >= 0.3 is 0 Å². The van der Waals surface area contributed by atoms with E-state index in [0.717, 1.165) is 16.7 Å². The highest BCUT2D eigenvalue weighted by Crippen LogP contribution is 2.17. The Hall–Kier alpha value is -1.06. The molecule has 2 heterocycles. The molecular formula is C9H9ClN2O. The van der Waals surface area contributed by atoms with Crippen LogP contribution in [0.4, 0.5) is 0 Å². The van der Waals surface area contributed by atoms with Crippen LogP contribution in [0.15, 0.2) is 18.3 Å². The number of H-pyrrole nitrogens is 1. The highest BCUT2D eigenvalue weighted by molar-refractivity contribution is 6.31. The van der Waals surface area contributed by atoms with Crippen LogP contribution in [0.2, 0.25) is 5.02 Å². The molecule has 0 spiro atoms. The Bertz CT molecular complexity index is 424. The lowest BCUT2D eigenvalue weighted by atomic mass is 10.3. The van der Waals surface area contributed by atoms with E-state index in [0.29, 0.717) is 11.4 Å². The largest absolute Gasteiger partial charge is 0.396 e. The van der Waals surface area contributed by atoms with E-state index in [9.17, 15) is 0 Å². The number of hydrogen-bond acceptors (Lipinski definition) is 2. The summed E-state index contributed by atoms with van der Waals surface area (Å²) in [5, 5.41) is 10.3. The maximum absolute atomic E-state index is 8.73. The molecule has 0 bridgehead atoms. The van der Waals surface area contributed by atoms with Gasteiger partial charge in [0.2, 0.25) is 0 Å². The second-order valence-electron chi connectivity index (χ2n) is 2.86. The molecule has 0 aliphatic carbocycles. The zero-order chi connectivity index (χ0) is 9.26. The van der Waals surface area contributed by atoms with Gasteiger partial charge in [0.25, 0.3) is 0 Å². The summed E-state index contributed by atoms with van der Waals surface area (Å²) in [5.41, 5.74) is 1.79. The van der Waals surface area contributed by atoms with Crippen LogP contribution in [0.3, 0.4) is 0 Å². The van der Waals surface area contributed by atoms with Gasteiger partial charge in [0.05, 0.1) is 5.02 Å². The van der Waals surface area contributed by atoms with Gasteiger partial charge < -0.3 is 10.1 Å². The smallest absolute Gasteiger partial charge is 0.137 e. The van der Waals surface area contributed by atoms with E-state index in [1.54, 1.807) is 6.20 Å². The Kier molecular flexibility index (Phi) is 2.20. The number of hydrogen-bond donors (Lipinski definition) is 2. The zero-order valence-electron chi connectivity index (χ0n) is 6.92. The van der Waals surface area contributed by atoms with Crippen molar-refractivity contribution in [3.63, 3.8) is 0 Å². The first-order valence-corrected chi connectivity index (χ1v) is 4.41. The van der Waals surface area contributed by atoms with Crippen LogP contribution < -0.4 is 0 Å². The molecule has 4 heteroatoms. The van der Waals surface area contributed by atoms with Crippen molar-refractivity contribution in [2.45, 2.75) is 6.42 Å².